The van der Waals surface area contributed by atoms with Crippen molar-refractivity contribution in [1.82, 2.24) is 30.1 Å². The predicted octanol–water partition coefficient (Wildman–Crippen LogP) is 2.42. The van der Waals surface area contributed by atoms with Gasteiger partial charge in [-0.15, -0.1) is 5.10 Å². The molecule has 4 rings (SSSR count). The Morgan fingerprint density at radius 2 is 1.92 bits per heavy atom. The lowest BCUT2D eigenvalue weighted by molar-refractivity contribution is 0.163. The number of aromatic nitrogens is 5. The number of likely N-dealkylation sites (tertiary alicyclic amines) is 1. The summed E-state index contributed by atoms with van der Waals surface area (Å²) in [6.07, 6.45) is 13.2. The highest BCUT2D eigenvalue weighted by molar-refractivity contribution is 5.21. The fourth-order valence-corrected chi connectivity index (χ4v) is 4.55. The quantitative estimate of drug-likeness (QED) is 0.829. The lowest BCUT2D eigenvalue weighted by Gasteiger charge is -2.32. The van der Waals surface area contributed by atoms with Crippen molar-refractivity contribution in [2.45, 2.75) is 70.5 Å². The molecule has 0 amide bonds. The zero-order valence-corrected chi connectivity index (χ0v) is 15.6. The Balaban J connectivity index is 1.28. The van der Waals surface area contributed by atoms with E-state index in [9.17, 15) is 0 Å². The van der Waals surface area contributed by atoms with E-state index in [1.807, 2.05) is 10.9 Å². The van der Waals surface area contributed by atoms with Gasteiger partial charge in [0.2, 0.25) is 0 Å². The first-order chi connectivity index (χ1) is 12.8. The molecule has 142 valence electrons. The molecule has 1 aliphatic heterocycles. The molecule has 2 aliphatic rings. The van der Waals surface area contributed by atoms with Gasteiger partial charge in [-0.05, 0) is 44.7 Å². The second-order valence-corrected chi connectivity index (χ2v) is 8.00. The van der Waals surface area contributed by atoms with Crippen molar-refractivity contribution in [3.05, 3.63) is 29.3 Å². The third kappa shape index (κ3) is 4.15. The van der Waals surface area contributed by atoms with Crippen LogP contribution in [0.25, 0.3) is 0 Å². The van der Waals surface area contributed by atoms with Gasteiger partial charge >= 0.3 is 0 Å². The number of aromatic amines is 1. The molecule has 3 N–H and O–H groups in total. The van der Waals surface area contributed by atoms with Crippen LogP contribution in [0.1, 0.15) is 67.8 Å². The summed E-state index contributed by atoms with van der Waals surface area (Å²) >= 11 is 0. The molecule has 2 fully saturated rings. The third-order valence-corrected chi connectivity index (χ3v) is 6.11. The second-order valence-electron chi connectivity index (χ2n) is 8.00. The highest BCUT2D eigenvalue weighted by Gasteiger charge is 2.24. The second kappa shape index (κ2) is 8.31. The molecule has 26 heavy (non-hydrogen) atoms. The first-order valence-corrected chi connectivity index (χ1v) is 10.2. The Morgan fingerprint density at radius 3 is 2.65 bits per heavy atom. The molecule has 3 heterocycles. The summed E-state index contributed by atoms with van der Waals surface area (Å²) in [4.78, 5) is 2.58. The van der Waals surface area contributed by atoms with Crippen molar-refractivity contribution >= 4 is 0 Å². The predicted molar refractivity (Wildman–Crippen MR) is 100 cm³/mol. The highest BCUT2D eigenvalue weighted by Crippen LogP contribution is 2.33. The third-order valence-electron chi connectivity index (χ3n) is 6.11. The van der Waals surface area contributed by atoms with Crippen LogP contribution in [-0.2, 0) is 19.6 Å². The topological polar surface area (TPSA) is 88.6 Å². The molecule has 0 spiro atoms. The number of H-pyrrole nitrogens is 1. The maximum absolute atomic E-state index is 5.61. The van der Waals surface area contributed by atoms with Crippen LogP contribution in [0.3, 0.4) is 0 Å². The van der Waals surface area contributed by atoms with Crippen molar-refractivity contribution in [3.63, 3.8) is 0 Å². The number of nitrogens with one attached hydrogen (secondary N) is 1. The number of piperidine rings is 1. The number of nitrogens with two attached hydrogens (primary N) is 1. The molecular formula is C19H31N7. The molecule has 7 nitrogen and oxygen atoms in total. The van der Waals surface area contributed by atoms with E-state index in [-0.39, 0.29) is 0 Å². The summed E-state index contributed by atoms with van der Waals surface area (Å²) < 4.78 is 1.96. The molecule has 0 bridgehead atoms. The number of hydrogen-bond donors (Lipinski definition) is 2. The van der Waals surface area contributed by atoms with E-state index >= 15 is 0 Å². The lowest BCUT2D eigenvalue weighted by Crippen LogP contribution is -2.34. The molecule has 0 atom stereocenters. The largest absolute Gasteiger partial charge is 0.325 e. The average molecular weight is 358 g/mol. The molecule has 1 saturated carbocycles. The molecule has 2 aromatic heterocycles. The first-order valence-electron chi connectivity index (χ1n) is 10.2. The SMILES string of the molecule is NCc1cn(CC2CCN(Cc3cn[nH]c3C3CCCCC3)CC2)nn1. The standard InChI is InChI=1S/C19H31N7/c20-10-18-14-26(24-22-18)12-15-6-8-25(9-7-15)13-17-11-21-23-19(17)16-4-2-1-3-5-16/h11,14-16H,1-10,12-13,20H2,(H,21,23). The van der Waals surface area contributed by atoms with Gasteiger partial charge in [0, 0.05) is 43.0 Å². The minimum Gasteiger partial charge on any atom is -0.325 e. The Bertz CT molecular complexity index is 678. The normalized spacial score (nSPS) is 20.7. The molecular weight excluding hydrogens is 326 g/mol. The van der Waals surface area contributed by atoms with Crippen LogP contribution in [-0.4, -0.2) is 43.2 Å². The highest BCUT2D eigenvalue weighted by atomic mass is 15.4. The van der Waals surface area contributed by atoms with Crippen LogP contribution >= 0.6 is 0 Å². The van der Waals surface area contributed by atoms with Gasteiger partial charge in [0.25, 0.3) is 0 Å². The van der Waals surface area contributed by atoms with Crippen LogP contribution in [0.4, 0.5) is 0 Å². The Morgan fingerprint density at radius 1 is 1.12 bits per heavy atom. The average Bonchev–Trinajstić information content (AvgIpc) is 3.33. The van der Waals surface area contributed by atoms with Crippen molar-refractivity contribution in [2.24, 2.45) is 11.7 Å². The number of hydrogen-bond acceptors (Lipinski definition) is 5. The van der Waals surface area contributed by atoms with Gasteiger partial charge in [-0.1, -0.05) is 24.5 Å². The fourth-order valence-electron chi connectivity index (χ4n) is 4.55. The Labute approximate surface area is 155 Å². The zero-order valence-electron chi connectivity index (χ0n) is 15.6. The summed E-state index contributed by atoms with van der Waals surface area (Å²) in [6.45, 7) is 4.76. The maximum atomic E-state index is 5.61. The van der Waals surface area contributed by atoms with E-state index in [1.165, 1.54) is 56.2 Å². The molecule has 2 aromatic rings. The number of rotatable bonds is 6. The molecule has 0 aromatic carbocycles. The molecule has 0 radical (unpaired) electrons. The molecule has 1 saturated heterocycles. The van der Waals surface area contributed by atoms with Crippen molar-refractivity contribution in [3.8, 4) is 0 Å². The van der Waals surface area contributed by atoms with E-state index in [1.54, 1.807) is 0 Å². The van der Waals surface area contributed by atoms with Gasteiger partial charge in [-0.2, -0.15) is 5.10 Å². The van der Waals surface area contributed by atoms with E-state index in [4.69, 9.17) is 5.73 Å². The fraction of sp³-hybridized carbons (Fsp3) is 0.737. The van der Waals surface area contributed by atoms with Crippen molar-refractivity contribution < 1.29 is 0 Å². The van der Waals surface area contributed by atoms with E-state index < -0.39 is 0 Å². The van der Waals surface area contributed by atoms with Gasteiger partial charge in [0.1, 0.15) is 0 Å². The van der Waals surface area contributed by atoms with Gasteiger partial charge < -0.3 is 5.73 Å². The summed E-state index contributed by atoms with van der Waals surface area (Å²) in [7, 11) is 0. The summed E-state index contributed by atoms with van der Waals surface area (Å²) in [6, 6.07) is 0. The Kier molecular flexibility index (Phi) is 5.65. The van der Waals surface area contributed by atoms with Crippen molar-refractivity contribution in [1.29, 1.82) is 0 Å². The van der Waals surface area contributed by atoms with Crippen LogP contribution in [0.5, 0.6) is 0 Å². The molecule has 0 unspecified atom stereocenters. The van der Waals surface area contributed by atoms with Crippen molar-refractivity contribution in [2.75, 3.05) is 13.1 Å². The summed E-state index contributed by atoms with van der Waals surface area (Å²) in [5.41, 5.74) is 9.31. The minimum absolute atomic E-state index is 0.465. The van der Waals surface area contributed by atoms with Crippen LogP contribution in [0, 0.1) is 5.92 Å². The first kappa shape index (κ1) is 17.7. The minimum atomic E-state index is 0.465. The lowest BCUT2D eigenvalue weighted by atomic mass is 9.85. The number of nitrogens with zero attached hydrogens (tertiary/aromatic N) is 5. The molecule has 7 heteroatoms. The van der Waals surface area contributed by atoms with Gasteiger partial charge in [-0.3, -0.25) is 14.7 Å². The smallest absolute Gasteiger partial charge is 0.0962 e. The van der Waals surface area contributed by atoms with Crippen LogP contribution in [0.2, 0.25) is 0 Å². The molecule has 1 aliphatic carbocycles. The zero-order chi connectivity index (χ0) is 17.8. The summed E-state index contributed by atoms with van der Waals surface area (Å²) in [5.74, 6) is 1.38. The van der Waals surface area contributed by atoms with E-state index in [2.05, 4.69) is 31.6 Å². The summed E-state index contributed by atoms with van der Waals surface area (Å²) in [5, 5.41) is 15.9. The Hall–Kier alpha value is -1.73. The van der Waals surface area contributed by atoms with Crippen LogP contribution < -0.4 is 5.73 Å². The van der Waals surface area contributed by atoms with E-state index in [0.717, 1.165) is 31.9 Å². The maximum Gasteiger partial charge on any atom is 0.0962 e. The van der Waals surface area contributed by atoms with Gasteiger partial charge in [0.05, 0.1) is 11.9 Å². The van der Waals surface area contributed by atoms with Gasteiger partial charge in [0.15, 0.2) is 0 Å². The monoisotopic (exact) mass is 357 g/mol. The van der Waals surface area contributed by atoms with Crippen LogP contribution in [0.15, 0.2) is 12.4 Å². The van der Waals surface area contributed by atoms with Gasteiger partial charge in [-0.25, -0.2) is 0 Å². The van der Waals surface area contributed by atoms with E-state index in [0.29, 0.717) is 18.4 Å².